The summed E-state index contributed by atoms with van der Waals surface area (Å²) >= 11 is 0. The van der Waals surface area contributed by atoms with Crippen molar-refractivity contribution in [1.82, 2.24) is 14.9 Å². The molecule has 0 saturated heterocycles. The molecule has 0 aliphatic carbocycles. The molecule has 1 aromatic carbocycles. The molecule has 5 nitrogen and oxygen atoms in total. The van der Waals surface area contributed by atoms with Crippen molar-refractivity contribution in [3.8, 4) is 0 Å². The predicted octanol–water partition coefficient (Wildman–Crippen LogP) is 1.40. The van der Waals surface area contributed by atoms with E-state index in [1.807, 2.05) is 36.9 Å². The normalized spacial score (nSPS) is 12.6. The lowest BCUT2D eigenvalue weighted by Gasteiger charge is -2.15. The summed E-state index contributed by atoms with van der Waals surface area (Å²) in [6.45, 7) is 0. The van der Waals surface area contributed by atoms with E-state index in [0.717, 1.165) is 16.6 Å². The summed E-state index contributed by atoms with van der Waals surface area (Å²) in [5.41, 5.74) is 3.04. The number of fused-ring (bicyclic) bond motifs is 1. The fraction of sp³-hybridized carbons (Fsp3) is 0.385. The zero-order valence-electron chi connectivity index (χ0n) is 10.8. The first-order valence-electron chi connectivity index (χ1n) is 5.80. The van der Waals surface area contributed by atoms with Gasteiger partial charge in [0.2, 0.25) is 0 Å². The topological polar surface area (TPSA) is 56.1 Å². The summed E-state index contributed by atoms with van der Waals surface area (Å²) in [5.74, 6) is -0.226. The van der Waals surface area contributed by atoms with Crippen LogP contribution < -0.4 is 5.32 Å². The van der Waals surface area contributed by atoms with E-state index in [4.69, 9.17) is 4.74 Å². The van der Waals surface area contributed by atoms with Gasteiger partial charge in [-0.05, 0) is 24.7 Å². The van der Waals surface area contributed by atoms with E-state index in [0.29, 0.717) is 6.42 Å². The number of aromatic nitrogens is 2. The van der Waals surface area contributed by atoms with Gasteiger partial charge in [0.25, 0.3) is 0 Å². The Morgan fingerprint density at radius 3 is 3.00 bits per heavy atom. The first kappa shape index (κ1) is 12.6. The number of nitrogens with one attached hydrogen (secondary N) is 1. The van der Waals surface area contributed by atoms with Crippen LogP contribution >= 0.6 is 0 Å². The van der Waals surface area contributed by atoms with Crippen LogP contribution in [0.5, 0.6) is 0 Å². The van der Waals surface area contributed by atoms with Crippen molar-refractivity contribution in [1.29, 1.82) is 0 Å². The van der Waals surface area contributed by atoms with Crippen molar-refractivity contribution in [3.63, 3.8) is 0 Å². The Morgan fingerprint density at radius 1 is 1.56 bits per heavy atom. The van der Waals surface area contributed by atoms with Crippen LogP contribution in [0.4, 0.5) is 0 Å². The van der Waals surface area contributed by atoms with E-state index in [1.54, 1.807) is 6.33 Å². The summed E-state index contributed by atoms with van der Waals surface area (Å²) in [6, 6.07) is 5.97. The number of carbonyl (C=O) groups excluding carboxylic acids is 1. The molecule has 1 unspecified atom stereocenters. The third-order valence-electron chi connectivity index (χ3n) is 3.10. The van der Waals surface area contributed by atoms with Crippen LogP contribution in [0.15, 0.2) is 24.5 Å². The number of aryl methyl sites for hydroxylation is 1. The molecular weight excluding hydrogens is 230 g/mol. The fourth-order valence-electron chi connectivity index (χ4n) is 2.01. The van der Waals surface area contributed by atoms with Gasteiger partial charge in [-0.3, -0.25) is 4.79 Å². The van der Waals surface area contributed by atoms with E-state index in [9.17, 15) is 4.79 Å². The lowest BCUT2D eigenvalue weighted by molar-refractivity contribution is -0.141. The third kappa shape index (κ3) is 2.36. The summed E-state index contributed by atoms with van der Waals surface area (Å²) in [6.07, 6.45) is 2.09. The van der Waals surface area contributed by atoms with E-state index in [2.05, 4.69) is 10.3 Å². The minimum Gasteiger partial charge on any atom is -0.469 e. The molecule has 0 bridgehead atoms. The summed E-state index contributed by atoms with van der Waals surface area (Å²) in [4.78, 5) is 15.7. The number of benzene rings is 1. The maximum atomic E-state index is 11.3. The van der Waals surface area contributed by atoms with E-state index in [-0.39, 0.29) is 12.0 Å². The molecule has 96 valence electrons. The largest absolute Gasteiger partial charge is 0.469 e. The average molecular weight is 247 g/mol. The standard InChI is InChI=1S/C13H17N3O2/c1-14-10(7-13(17)18-3)9-4-5-12-11(6-9)15-8-16(12)2/h4-6,8,10,14H,7H2,1-3H3. The van der Waals surface area contributed by atoms with Crippen molar-refractivity contribution >= 4 is 17.0 Å². The molecule has 0 amide bonds. The number of rotatable bonds is 4. The Morgan fingerprint density at radius 2 is 2.33 bits per heavy atom. The van der Waals surface area contributed by atoms with Crippen molar-refractivity contribution in [2.24, 2.45) is 7.05 Å². The second kappa shape index (κ2) is 5.18. The number of hydrogen-bond donors (Lipinski definition) is 1. The molecule has 1 atom stereocenters. The third-order valence-corrected chi connectivity index (χ3v) is 3.10. The zero-order valence-corrected chi connectivity index (χ0v) is 10.8. The Labute approximate surface area is 106 Å². The predicted molar refractivity (Wildman–Crippen MR) is 69.1 cm³/mol. The van der Waals surface area contributed by atoms with Gasteiger partial charge in [0.1, 0.15) is 0 Å². The number of imidazole rings is 1. The first-order valence-corrected chi connectivity index (χ1v) is 5.80. The second-order valence-corrected chi connectivity index (χ2v) is 4.23. The summed E-state index contributed by atoms with van der Waals surface area (Å²) in [7, 11) is 5.19. The highest BCUT2D eigenvalue weighted by atomic mass is 16.5. The molecule has 18 heavy (non-hydrogen) atoms. The van der Waals surface area contributed by atoms with Gasteiger partial charge >= 0.3 is 5.97 Å². The van der Waals surface area contributed by atoms with Gasteiger partial charge in [0.15, 0.2) is 0 Å². The van der Waals surface area contributed by atoms with Gasteiger partial charge in [-0.1, -0.05) is 6.07 Å². The van der Waals surface area contributed by atoms with Gasteiger partial charge < -0.3 is 14.6 Å². The number of hydrogen-bond acceptors (Lipinski definition) is 4. The van der Waals surface area contributed by atoms with Gasteiger partial charge in [0.05, 0.1) is 30.9 Å². The summed E-state index contributed by atoms with van der Waals surface area (Å²) in [5, 5.41) is 3.12. The number of ether oxygens (including phenoxy) is 1. The minimum atomic E-state index is -0.226. The lowest BCUT2D eigenvalue weighted by Crippen LogP contribution is -2.20. The van der Waals surface area contributed by atoms with Gasteiger partial charge in [-0.15, -0.1) is 0 Å². The first-order chi connectivity index (χ1) is 8.65. The highest BCUT2D eigenvalue weighted by molar-refractivity contribution is 5.76. The van der Waals surface area contributed by atoms with Gasteiger partial charge in [0, 0.05) is 13.1 Å². The van der Waals surface area contributed by atoms with Crippen LogP contribution in [-0.4, -0.2) is 29.7 Å². The molecule has 1 aromatic heterocycles. The minimum absolute atomic E-state index is 0.0520. The van der Waals surface area contributed by atoms with Crippen molar-refractivity contribution < 1.29 is 9.53 Å². The van der Waals surface area contributed by atoms with Crippen LogP contribution in [-0.2, 0) is 16.6 Å². The molecule has 1 N–H and O–H groups in total. The molecule has 1 heterocycles. The zero-order chi connectivity index (χ0) is 13.1. The Kier molecular flexibility index (Phi) is 3.62. The molecule has 0 radical (unpaired) electrons. The molecule has 0 saturated carbocycles. The van der Waals surface area contributed by atoms with Crippen molar-refractivity contribution in [3.05, 3.63) is 30.1 Å². The molecule has 5 heteroatoms. The molecule has 2 aromatic rings. The summed E-state index contributed by atoms with van der Waals surface area (Å²) < 4.78 is 6.66. The van der Waals surface area contributed by atoms with Crippen LogP contribution in [0.2, 0.25) is 0 Å². The smallest absolute Gasteiger partial charge is 0.307 e. The molecular formula is C13H17N3O2. The number of carbonyl (C=O) groups is 1. The number of esters is 1. The number of methoxy groups -OCH3 is 1. The Balaban J connectivity index is 2.30. The van der Waals surface area contributed by atoms with Gasteiger partial charge in [-0.25, -0.2) is 4.98 Å². The fourth-order valence-corrected chi connectivity index (χ4v) is 2.01. The van der Waals surface area contributed by atoms with E-state index >= 15 is 0 Å². The highest BCUT2D eigenvalue weighted by Gasteiger charge is 2.15. The second-order valence-electron chi connectivity index (χ2n) is 4.23. The van der Waals surface area contributed by atoms with Crippen LogP contribution in [0.25, 0.3) is 11.0 Å². The maximum Gasteiger partial charge on any atom is 0.307 e. The van der Waals surface area contributed by atoms with Crippen molar-refractivity contribution in [2.45, 2.75) is 12.5 Å². The van der Waals surface area contributed by atoms with Crippen LogP contribution in [0.1, 0.15) is 18.0 Å². The number of nitrogens with zero attached hydrogens (tertiary/aromatic N) is 2. The Hall–Kier alpha value is -1.88. The van der Waals surface area contributed by atoms with Crippen molar-refractivity contribution in [2.75, 3.05) is 14.2 Å². The quantitative estimate of drug-likeness (QED) is 0.830. The van der Waals surface area contributed by atoms with Crippen LogP contribution in [0.3, 0.4) is 0 Å². The Bertz CT molecular complexity index is 562. The molecule has 2 rings (SSSR count). The molecule has 0 spiro atoms. The van der Waals surface area contributed by atoms with Crippen LogP contribution in [0, 0.1) is 0 Å². The maximum absolute atomic E-state index is 11.3. The van der Waals surface area contributed by atoms with Gasteiger partial charge in [-0.2, -0.15) is 0 Å². The molecule has 0 aliphatic rings. The molecule has 0 aliphatic heterocycles. The van der Waals surface area contributed by atoms with E-state index < -0.39 is 0 Å². The highest BCUT2D eigenvalue weighted by Crippen LogP contribution is 2.21. The SMILES string of the molecule is CNC(CC(=O)OC)c1ccc2c(c1)ncn2C. The lowest BCUT2D eigenvalue weighted by atomic mass is 10.0. The average Bonchev–Trinajstić information content (AvgIpc) is 2.76. The monoisotopic (exact) mass is 247 g/mol. The molecule has 0 fully saturated rings. The van der Waals surface area contributed by atoms with E-state index in [1.165, 1.54) is 7.11 Å².